The van der Waals surface area contributed by atoms with Gasteiger partial charge in [0.2, 0.25) is 0 Å². The van der Waals surface area contributed by atoms with E-state index in [-0.39, 0.29) is 11.9 Å². The zero-order chi connectivity index (χ0) is 11.7. The van der Waals surface area contributed by atoms with Gasteiger partial charge in [0.1, 0.15) is 11.6 Å². The third-order valence-corrected chi connectivity index (χ3v) is 2.36. The molecule has 1 aromatic heterocycles. The fourth-order valence-corrected chi connectivity index (χ4v) is 1.75. The van der Waals surface area contributed by atoms with Crippen LogP contribution in [0.25, 0.3) is 10.9 Å². The summed E-state index contributed by atoms with van der Waals surface area (Å²) in [6, 6.07) is 4.54. The lowest BCUT2D eigenvalue weighted by Crippen LogP contribution is -2.19. The van der Waals surface area contributed by atoms with E-state index in [2.05, 4.69) is 9.97 Å². The first-order valence-electron chi connectivity index (χ1n) is 5.24. The lowest BCUT2D eigenvalue weighted by Gasteiger charge is -2.09. The molecule has 0 bridgehead atoms. The first-order valence-corrected chi connectivity index (χ1v) is 5.24. The minimum Gasteiger partial charge on any atom is -0.328 e. The highest BCUT2D eigenvalue weighted by Crippen LogP contribution is 2.18. The van der Waals surface area contributed by atoms with Gasteiger partial charge in [-0.05, 0) is 32.0 Å². The summed E-state index contributed by atoms with van der Waals surface area (Å²) < 4.78 is 13.2. The van der Waals surface area contributed by atoms with Crippen molar-refractivity contribution in [1.29, 1.82) is 0 Å². The van der Waals surface area contributed by atoms with Crippen LogP contribution in [-0.4, -0.2) is 16.0 Å². The van der Waals surface area contributed by atoms with Crippen LogP contribution in [0, 0.1) is 12.7 Å². The molecular formula is C12H14FN3. The highest BCUT2D eigenvalue weighted by atomic mass is 19.1. The molecule has 2 rings (SSSR count). The molecule has 0 radical (unpaired) electrons. The van der Waals surface area contributed by atoms with E-state index in [0.29, 0.717) is 12.2 Å². The molecule has 1 atom stereocenters. The summed E-state index contributed by atoms with van der Waals surface area (Å²) in [6.07, 6.45) is 0.628. The van der Waals surface area contributed by atoms with Crippen LogP contribution in [0.2, 0.25) is 0 Å². The van der Waals surface area contributed by atoms with Crippen LogP contribution >= 0.6 is 0 Å². The summed E-state index contributed by atoms with van der Waals surface area (Å²) in [5, 5.41) is 0.753. The zero-order valence-electron chi connectivity index (χ0n) is 9.37. The molecule has 2 aromatic rings. The molecular weight excluding hydrogens is 205 g/mol. The van der Waals surface area contributed by atoms with Gasteiger partial charge in [0.25, 0.3) is 0 Å². The Kier molecular flexibility index (Phi) is 2.83. The normalized spacial score (nSPS) is 13.0. The Morgan fingerprint density at radius 1 is 1.38 bits per heavy atom. The molecule has 4 heteroatoms. The molecule has 0 saturated heterocycles. The first kappa shape index (κ1) is 11.0. The molecule has 0 aliphatic rings. The minimum atomic E-state index is -0.272. The third-order valence-electron chi connectivity index (χ3n) is 2.36. The van der Waals surface area contributed by atoms with Gasteiger partial charge in [-0.1, -0.05) is 0 Å². The molecule has 84 valence electrons. The molecule has 0 amide bonds. The summed E-state index contributed by atoms with van der Waals surface area (Å²) in [4.78, 5) is 8.59. The second-order valence-electron chi connectivity index (χ2n) is 4.06. The first-order chi connectivity index (χ1) is 7.56. The Morgan fingerprint density at radius 2 is 2.12 bits per heavy atom. The number of nitrogens with two attached hydrogens (primary N) is 1. The molecule has 0 aliphatic heterocycles. The van der Waals surface area contributed by atoms with Crippen LogP contribution in [-0.2, 0) is 6.42 Å². The van der Waals surface area contributed by atoms with Gasteiger partial charge in [-0.15, -0.1) is 0 Å². The van der Waals surface area contributed by atoms with Crippen LogP contribution in [0.4, 0.5) is 4.39 Å². The number of aromatic nitrogens is 2. The van der Waals surface area contributed by atoms with Crippen molar-refractivity contribution in [2.24, 2.45) is 5.73 Å². The van der Waals surface area contributed by atoms with Crippen LogP contribution in [0.3, 0.4) is 0 Å². The maximum Gasteiger partial charge on any atom is 0.126 e. The number of halogens is 1. The fraction of sp³-hybridized carbons (Fsp3) is 0.333. The highest BCUT2D eigenvalue weighted by Gasteiger charge is 2.08. The van der Waals surface area contributed by atoms with Crippen LogP contribution < -0.4 is 5.73 Å². The number of nitrogens with zero attached hydrogens (tertiary/aromatic N) is 2. The lowest BCUT2D eigenvalue weighted by molar-refractivity contribution is 0.629. The monoisotopic (exact) mass is 219 g/mol. The summed E-state index contributed by atoms with van der Waals surface area (Å²) in [6.45, 7) is 3.73. The largest absolute Gasteiger partial charge is 0.328 e. The van der Waals surface area contributed by atoms with Crippen molar-refractivity contribution < 1.29 is 4.39 Å². The second-order valence-corrected chi connectivity index (χ2v) is 4.06. The van der Waals surface area contributed by atoms with E-state index in [9.17, 15) is 4.39 Å². The van der Waals surface area contributed by atoms with Crippen molar-refractivity contribution in [2.45, 2.75) is 26.3 Å². The number of benzene rings is 1. The Hall–Kier alpha value is -1.55. The lowest BCUT2D eigenvalue weighted by atomic mass is 10.1. The molecule has 3 nitrogen and oxygen atoms in total. The molecule has 1 heterocycles. The van der Waals surface area contributed by atoms with E-state index in [0.717, 1.165) is 16.6 Å². The quantitative estimate of drug-likeness (QED) is 0.840. The van der Waals surface area contributed by atoms with Crippen LogP contribution in [0.5, 0.6) is 0 Å². The van der Waals surface area contributed by atoms with Gasteiger partial charge in [0, 0.05) is 17.8 Å². The maximum absolute atomic E-state index is 13.2. The third kappa shape index (κ3) is 2.17. The molecule has 1 unspecified atom stereocenters. The molecule has 1 aromatic carbocycles. The predicted molar refractivity (Wildman–Crippen MR) is 61.6 cm³/mol. The summed E-state index contributed by atoms with van der Waals surface area (Å²) >= 11 is 0. The predicted octanol–water partition coefficient (Wildman–Crippen LogP) is 1.97. The number of aryl methyl sites for hydroxylation is 1. The summed E-state index contributed by atoms with van der Waals surface area (Å²) in [5.74, 6) is 0.417. The number of rotatable bonds is 2. The van der Waals surface area contributed by atoms with E-state index in [1.807, 2.05) is 13.8 Å². The van der Waals surface area contributed by atoms with Gasteiger partial charge in [-0.3, -0.25) is 0 Å². The van der Waals surface area contributed by atoms with Gasteiger partial charge in [-0.2, -0.15) is 0 Å². The SMILES string of the molecule is Cc1nc(CC(C)N)c2cc(F)ccc2n1. The summed E-state index contributed by atoms with van der Waals surface area (Å²) in [7, 11) is 0. The molecule has 0 aliphatic carbocycles. The van der Waals surface area contributed by atoms with Gasteiger partial charge in [0.15, 0.2) is 0 Å². The smallest absolute Gasteiger partial charge is 0.126 e. The average molecular weight is 219 g/mol. The van der Waals surface area contributed by atoms with Gasteiger partial charge < -0.3 is 5.73 Å². The number of fused-ring (bicyclic) bond motifs is 1. The second kappa shape index (κ2) is 4.14. The number of hydrogen-bond donors (Lipinski definition) is 1. The standard InChI is InChI=1S/C12H14FN3/c1-7(14)5-12-10-6-9(13)3-4-11(10)15-8(2)16-12/h3-4,6-7H,5,14H2,1-2H3. The zero-order valence-corrected chi connectivity index (χ0v) is 9.37. The highest BCUT2D eigenvalue weighted by molar-refractivity contribution is 5.81. The Bertz CT molecular complexity index is 523. The fourth-order valence-electron chi connectivity index (χ4n) is 1.75. The van der Waals surface area contributed by atoms with E-state index in [1.165, 1.54) is 12.1 Å². The molecule has 16 heavy (non-hydrogen) atoms. The van der Waals surface area contributed by atoms with E-state index < -0.39 is 0 Å². The van der Waals surface area contributed by atoms with Crippen molar-refractivity contribution in [3.63, 3.8) is 0 Å². The van der Waals surface area contributed by atoms with Crippen molar-refractivity contribution >= 4 is 10.9 Å². The molecule has 2 N–H and O–H groups in total. The van der Waals surface area contributed by atoms with Crippen molar-refractivity contribution in [2.75, 3.05) is 0 Å². The van der Waals surface area contributed by atoms with Gasteiger partial charge >= 0.3 is 0 Å². The van der Waals surface area contributed by atoms with Gasteiger partial charge in [-0.25, -0.2) is 14.4 Å². The Morgan fingerprint density at radius 3 is 2.81 bits per heavy atom. The number of hydrogen-bond acceptors (Lipinski definition) is 3. The topological polar surface area (TPSA) is 51.8 Å². The molecule has 0 spiro atoms. The van der Waals surface area contributed by atoms with Gasteiger partial charge in [0.05, 0.1) is 11.2 Å². The van der Waals surface area contributed by atoms with E-state index in [4.69, 9.17) is 5.73 Å². The molecule has 0 saturated carbocycles. The van der Waals surface area contributed by atoms with Crippen molar-refractivity contribution in [3.05, 3.63) is 35.5 Å². The Balaban J connectivity index is 2.64. The average Bonchev–Trinajstić information content (AvgIpc) is 2.18. The van der Waals surface area contributed by atoms with Crippen molar-refractivity contribution in [3.8, 4) is 0 Å². The maximum atomic E-state index is 13.2. The van der Waals surface area contributed by atoms with Crippen LogP contribution in [0.15, 0.2) is 18.2 Å². The van der Waals surface area contributed by atoms with E-state index >= 15 is 0 Å². The van der Waals surface area contributed by atoms with Crippen LogP contribution in [0.1, 0.15) is 18.4 Å². The van der Waals surface area contributed by atoms with E-state index in [1.54, 1.807) is 6.07 Å². The summed E-state index contributed by atoms with van der Waals surface area (Å²) in [5.41, 5.74) is 7.33. The minimum absolute atomic E-state index is 0.000711. The molecule has 0 fully saturated rings. The van der Waals surface area contributed by atoms with Crippen molar-refractivity contribution in [1.82, 2.24) is 9.97 Å². The Labute approximate surface area is 93.5 Å².